The highest BCUT2D eigenvalue weighted by atomic mass is 15.7. The average Bonchev–Trinajstić information content (AvgIpc) is 2.04. The van der Waals surface area contributed by atoms with Crippen molar-refractivity contribution < 1.29 is 0 Å². The number of allylic oxidation sites excluding steroid dienone is 2. The van der Waals surface area contributed by atoms with Gasteiger partial charge in [0.25, 0.3) is 0 Å². The molecule has 0 aliphatic carbocycles. The van der Waals surface area contributed by atoms with Gasteiger partial charge in [-0.15, -0.1) is 0 Å². The van der Waals surface area contributed by atoms with Crippen LogP contribution < -0.4 is 5.43 Å². The predicted molar refractivity (Wildman–Crippen MR) is 56.2 cm³/mol. The zero-order valence-electron chi connectivity index (χ0n) is 8.96. The molecule has 0 spiro atoms. The van der Waals surface area contributed by atoms with Crippen molar-refractivity contribution in [3.05, 3.63) is 11.8 Å². The molecule has 0 saturated carbocycles. The smallest absolute Gasteiger partial charge is 0.0717 e. The lowest BCUT2D eigenvalue weighted by Gasteiger charge is -2.35. The molecule has 0 fully saturated rings. The molecule has 1 aliphatic rings. The molecule has 0 amide bonds. The third-order valence-electron chi connectivity index (χ3n) is 1.86. The van der Waals surface area contributed by atoms with Crippen molar-refractivity contribution in [1.29, 1.82) is 0 Å². The molecule has 0 bridgehead atoms. The summed E-state index contributed by atoms with van der Waals surface area (Å²) in [6.45, 7) is 8.57. The standard InChI is InChI=1S/C10H19N3/c1-5-6-9-7-8-11-13(12-9)10(2,3)4/h7-8,12H,5-6H2,1-4H3. The van der Waals surface area contributed by atoms with Crippen molar-refractivity contribution >= 4 is 6.21 Å². The fourth-order valence-electron chi connectivity index (χ4n) is 1.14. The van der Waals surface area contributed by atoms with Crippen LogP contribution in [0.5, 0.6) is 0 Å². The highest BCUT2D eigenvalue weighted by molar-refractivity contribution is 5.72. The Bertz CT molecular complexity index is 223. The van der Waals surface area contributed by atoms with Gasteiger partial charge in [0.1, 0.15) is 0 Å². The maximum absolute atomic E-state index is 4.25. The molecule has 3 nitrogen and oxygen atoms in total. The summed E-state index contributed by atoms with van der Waals surface area (Å²) in [6.07, 6.45) is 6.13. The second-order valence-corrected chi connectivity index (χ2v) is 4.30. The average molecular weight is 181 g/mol. The maximum atomic E-state index is 4.25. The molecule has 1 rings (SSSR count). The first-order valence-corrected chi connectivity index (χ1v) is 4.84. The van der Waals surface area contributed by atoms with Gasteiger partial charge >= 0.3 is 0 Å². The van der Waals surface area contributed by atoms with Gasteiger partial charge in [0.2, 0.25) is 0 Å². The Morgan fingerprint density at radius 3 is 2.69 bits per heavy atom. The largest absolute Gasteiger partial charge is 0.286 e. The lowest BCUT2D eigenvalue weighted by molar-refractivity contribution is 0.0900. The molecule has 0 aromatic rings. The first-order chi connectivity index (χ1) is 6.04. The number of hydrogen-bond donors (Lipinski definition) is 1. The number of hydrazine groups is 1. The molecular formula is C10H19N3. The molecule has 0 atom stereocenters. The van der Waals surface area contributed by atoms with E-state index in [-0.39, 0.29) is 5.54 Å². The minimum atomic E-state index is 0.0315. The summed E-state index contributed by atoms with van der Waals surface area (Å²) >= 11 is 0. The first-order valence-electron chi connectivity index (χ1n) is 4.84. The van der Waals surface area contributed by atoms with Crippen LogP contribution in [0.3, 0.4) is 0 Å². The van der Waals surface area contributed by atoms with E-state index < -0.39 is 0 Å². The van der Waals surface area contributed by atoms with E-state index >= 15 is 0 Å². The summed E-state index contributed by atoms with van der Waals surface area (Å²) in [6, 6.07) is 0. The van der Waals surface area contributed by atoms with Gasteiger partial charge < -0.3 is 0 Å². The van der Waals surface area contributed by atoms with E-state index in [1.54, 1.807) is 0 Å². The second kappa shape index (κ2) is 3.81. The highest BCUT2D eigenvalue weighted by Crippen LogP contribution is 2.15. The Labute approximate surface area is 80.5 Å². The summed E-state index contributed by atoms with van der Waals surface area (Å²) in [7, 11) is 0. The Balaban J connectivity index is 2.59. The Kier molecular flexibility index (Phi) is 2.96. The minimum Gasteiger partial charge on any atom is -0.286 e. The monoisotopic (exact) mass is 181 g/mol. The van der Waals surface area contributed by atoms with Crippen LogP contribution in [-0.4, -0.2) is 16.9 Å². The summed E-state index contributed by atoms with van der Waals surface area (Å²) in [4.78, 5) is 0. The SMILES string of the molecule is CCCC1=CC=NN(C(C)(C)C)N1. The van der Waals surface area contributed by atoms with Crippen LogP contribution in [0.15, 0.2) is 16.9 Å². The fraction of sp³-hybridized carbons (Fsp3) is 0.700. The molecule has 1 heterocycles. The molecule has 1 N–H and O–H groups in total. The molecule has 1 aliphatic heterocycles. The van der Waals surface area contributed by atoms with E-state index in [0.717, 1.165) is 12.8 Å². The van der Waals surface area contributed by atoms with Crippen molar-refractivity contribution in [3.8, 4) is 0 Å². The Morgan fingerprint density at radius 2 is 2.15 bits per heavy atom. The van der Waals surface area contributed by atoms with Crippen LogP contribution in [0.4, 0.5) is 0 Å². The van der Waals surface area contributed by atoms with E-state index in [9.17, 15) is 0 Å². The van der Waals surface area contributed by atoms with Crippen LogP contribution in [0.1, 0.15) is 40.5 Å². The highest BCUT2D eigenvalue weighted by Gasteiger charge is 2.21. The zero-order chi connectivity index (χ0) is 9.90. The summed E-state index contributed by atoms with van der Waals surface area (Å²) in [5, 5.41) is 6.15. The third-order valence-corrected chi connectivity index (χ3v) is 1.86. The molecule has 0 aromatic heterocycles. The Hall–Kier alpha value is -0.990. The third kappa shape index (κ3) is 2.76. The molecule has 3 heteroatoms. The normalized spacial score (nSPS) is 16.9. The van der Waals surface area contributed by atoms with E-state index in [4.69, 9.17) is 0 Å². The van der Waals surface area contributed by atoms with Crippen molar-refractivity contribution in [2.75, 3.05) is 0 Å². The minimum absolute atomic E-state index is 0.0315. The lowest BCUT2D eigenvalue weighted by atomic mass is 10.1. The van der Waals surface area contributed by atoms with Gasteiger partial charge in [-0.3, -0.25) is 5.43 Å². The number of nitrogens with one attached hydrogen (secondary N) is 1. The molecule has 74 valence electrons. The van der Waals surface area contributed by atoms with Gasteiger partial charge in [-0.2, -0.15) is 5.10 Å². The molecule has 0 aromatic carbocycles. The van der Waals surface area contributed by atoms with Gasteiger partial charge in [0.05, 0.1) is 11.8 Å². The van der Waals surface area contributed by atoms with Gasteiger partial charge in [-0.05, 0) is 33.3 Å². The zero-order valence-corrected chi connectivity index (χ0v) is 8.96. The number of hydrogen-bond acceptors (Lipinski definition) is 3. The summed E-state index contributed by atoms with van der Waals surface area (Å²) in [5.74, 6) is 0. The number of rotatable bonds is 2. The van der Waals surface area contributed by atoms with E-state index in [1.807, 2.05) is 17.4 Å². The molecule has 0 saturated heterocycles. The van der Waals surface area contributed by atoms with Crippen molar-refractivity contribution in [1.82, 2.24) is 10.5 Å². The first kappa shape index (κ1) is 10.1. The Morgan fingerprint density at radius 1 is 1.46 bits per heavy atom. The number of nitrogens with zero attached hydrogens (tertiary/aromatic N) is 2. The van der Waals surface area contributed by atoms with Crippen LogP contribution in [0, 0.1) is 0 Å². The van der Waals surface area contributed by atoms with Crippen LogP contribution in [-0.2, 0) is 0 Å². The van der Waals surface area contributed by atoms with E-state index in [1.165, 1.54) is 5.70 Å². The van der Waals surface area contributed by atoms with Gasteiger partial charge in [-0.1, -0.05) is 13.3 Å². The maximum Gasteiger partial charge on any atom is 0.0717 e. The van der Waals surface area contributed by atoms with Gasteiger partial charge in [0, 0.05) is 5.70 Å². The fourth-order valence-corrected chi connectivity index (χ4v) is 1.14. The molecule has 13 heavy (non-hydrogen) atoms. The van der Waals surface area contributed by atoms with Crippen molar-refractivity contribution in [2.45, 2.75) is 46.1 Å². The molecule has 0 radical (unpaired) electrons. The van der Waals surface area contributed by atoms with Crippen molar-refractivity contribution in [3.63, 3.8) is 0 Å². The second-order valence-electron chi connectivity index (χ2n) is 4.30. The topological polar surface area (TPSA) is 27.6 Å². The lowest BCUT2D eigenvalue weighted by Crippen LogP contribution is -2.47. The number of hydrazone groups is 1. The van der Waals surface area contributed by atoms with Gasteiger partial charge in [-0.25, -0.2) is 5.12 Å². The quantitative estimate of drug-likeness (QED) is 0.707. The molecular weight excluding hydrogens is 162 g/mol. The van der Waals surface area contributed by atoms with Crippen LogP contribution in [0.2, 0.25) is 0 Å². The van der Waals surface area contributed by atoms with Crippen molar-refractivity contribution in [2.24, 2.45) is 5.10 Å². The van der Waals surface area contributed by atoms with E-state index in [0.29, 0.717) is 0 Å². The predicted octanol–water partition coefficient (Wildman–Crippen LogP) is 2.27. The molecule has 0 unspecified atom stereocenters. The summed E-state index contributed by atoms with van der Waals surface area (Å²) < 4.78 is 0. The summed E-state index contributed by atoms with van der Waals surface area (Å²) in [5.41, 5.74) is 4.57. The van der Waals surface area contributed by atoms with Crippen LogP contribution in [0.25, 0.3) is 0 Å². The van der Waals surface area contributed by atoms with Crippen LogP contribution >= 0.6 is 0 Å². The van der Waals surface area contributed by atoms with E-state index in [2.05, 4.69) is 38.2 Å². The van der Waals surface area contributed by atoms with Gasteiger partial charge in [0.15, 0.2) is 0 Å².